The normalized spacial score (nSPS) is 26.0. The van der Waals surface area contributed by atoms with Gasteiger partial charge in [-0.1, -0.05) is 6.07 Å². The van der Waals surface area contributed by atoms with Crippen LogP contribution in [0.4, 0.5) is 0 Å². The molecule has 0 aliphatic carbocycles. The van der Waals surface area contributed by atoms with E-state index in [1.165, 1.54) is 0 Å². The Bertz CT molecular complexity index is 549. The van der Waals surface area contributed by atoms with Crippen LogP contribution >= 0.6 is 0 Å². The summed E-state index contributed by atoms with van der Waals surface area (Å²) in [7, 11) is 0. The van der Waals surface area contributed by atoms with Crippen LogP contribution in [0.3, 0.4) is 0 Å². The minimum atomic E-state index is -0.102. The number of nitriles is 1. The number of carbonyl (C=O) groups excluding carboxylic acids is 1. The third-order valence-corrected chi connectivity index (χ3v) is 4.19. The number of carbonyl (C=O) groups is 1. The highest BCUT2D eigenvalue weighted by Gasteiger charge is 2.37. The zero-order valence-electron chi connectivity index (χ0n) is 12.3. The molecule has 0 spiro atoms. The Hall–Kier alpha value is -2.01. The maximum Gasteiger partial charge on any atom is 0.227 e. The van der Waals surface area contributed by atoms with Gasteiger partial charge in [-0.05, 0) is 25.0 Å². The van der Waals surface area contributed by atoms with Crippen LogP contribution in [0.5, 0.6) is 0 Å². The molecule has 2 aliphatic rings. The summed E-state index contributed by atoms with van der Waals surface area (Å²) in [6.45, 7) is 1.76. The quantitative estimate of drug-likeness (QED) is 0.709. The predicted octanol–water partition coefficient (Wildman–Crippen LogP) is -0.264. The molecule has 116 valence electrons. The summed E-state index contributed by atoms with van der Waals surface area (Å²) in [5, 5.41) is 11.9. The van der Waals surface area contributed by atoms with E-state index in [1.807, 2.05) is 18.2 Å². The van der Waals surface area contributed by atoms with Crippen molar-refractivity contribution in [3.8, 4) is 6.07 Å². The molecule has 3 heterocycles. The molecule has 3 N–H and O–H groups in total. The smallest absolute Gasteiger partial charge is 0.227 e. The fourth-order valence-electron chi connectivity index (χ4n) is 2.86. The van der Waals surface area contributed by atoms with E-state index in [1.54, 1.807) is 6.20 Å². The number of likely N-dealkylation sites (tertiary alicyclic amines) is 1. The Labute approximate surface area is 129 Å². The van der Waals surface area contributed by atoms with Crippen LogP contribution in [0.15, 0.2) is 24.4 Å². The van der Waals surface area contributed by atoms with Crippen molar-refractivity contribution in [1.82, 2.24) is 26.1 Å². The average molecular weight is 300 g/mol. The Morgan fingerprint density at radius 1 is 1.41 bits per heavy atom. The molecule has 1 amide bonds. The van der Waals surface area contributed by atoms with Crippen molar-refractivity contribution < 1.29 is 4.79 Å². The molecule has 2 unspecified atom stereocenters. The summed E-state index contributed by atoms with van der Waals surface area (Å²) in [4.78, 5) is 18.5. The van der Waals surface area contributed by atoms with Crippen LogP contribution in [0.1, 0.15) is 18.5 Å². The van der Waals surface area contributed by atoms with Crippen molar-refractivity contribution in [3.05, 3.63) is 30.1 Å². The number of amides is 1. The van der Waals surface area contributed by atoms with Gasteiger partial charge in [0.15, 0.2) is 0 Å². The lowest BCUT2D eigenvalue weighted by Gasteiger charge is -2.47. The number of rotatable bonds is 4. The monoisotopic (exact) mass is 300 g/mol. The Morgan fingerprint density at radius 2 is 2.23 bits per heavy atom. The van der Waals surface area contributed by atoms with E-state index in [4.69, 9.17) is 5.26 Å². The number of pyridine rings is 1. The average Bonchev–Trinajstić information content (AvgIpc) is 2.53. The van der Waals surface area contributed by atoms with E-state index < -0.39 is 0 Å². The van der Waals surface area contributed by atoms with Gasteiger partial charge in [0.2, 0.25) is 5.91 Å². The summed E-state index contributed by atoms with van der Waals surface area (Å²) in [5.74, 6) is 0.121. The fraction of sp³-hybridized carbons (Fsp3) is 0.533. The first-order chi connectivity index (χ1) is 10.8. The van der Waals surface area contributed by atoms with E-state index in [0.29, 0.717) is 0 Å². The summed E-state index contributed by atoms with van der Waals surface area (Å²) in [6.07, 6.45) is 3.74. The maximum absolute atomic E-state index is 12.1. The van der Waals surface area contributed by atoms with Crippen molar-refractivity contribution in [1.29, 1.82) is 5.26 Å². The highest BCUT2D eigenvalue weighted by Crippen LogP contribution is 2.19. The number of nitrogens with one attached hydrogen (secondary N) is 3. The van der Waals surface area contributed by atoms with Gasteiger partial charge in [0.05, 0.1) is 12.5 Å². The van der Waals surface area contributed by atoms with Gasteiger partial charge in [0.25, 0.3) is 0 Å². The van der Waals surface area contributed by atoms with Crippen LogP contribution in [0.2, 0.25) is 0 Å². The topological polar surface area (TPSA) is 93.1 Å². The van der Waals surface area contributed by atoms with Gasteiger partial charge in [0.1, 0.15) is 12.3 Å². The maximum atomic E-state index is 12.1. The van der Waals surface area contributed by atoms with Crippen LogP contribution in [0.25, 0.3) is 0 Å². The van der Waals surface area contributed by atoms with Crippen molar-refractivity contribution in [2.45, 2.75) is 31.6 Å². The third-order valence-electron chi connectivity index (χ3n) is 4.19. The van der Waals surface area contributed by atoms with E-state index >= 15 is 0 Å². The molecule has 0 saturated carbocycles. The molecule has 2 saturated heterocycles. The van der Waals surface area contributed by atoms with Gasteiger partial charge in [-0.3, -0.25) is 14.7 Å². The van der Waals surface area contributed by atoms with Crippen molar-refractivity contribution in [2.24, 2.45) is 5.92 Å². The van der Waals surface area contributed by atoms with Crippen LogP contribution in [0, 0.1) is 17.2 Å². The minimum absolute atomic E-state index is 0.0467. The largest absolute Gasteiger partial charge is 0.336 e. The molecule has 1 aromatic rings. The molecule has 7 nitrogen and oxygen atoms in total. The molecule has 2 fully saturated rings. The summed E-state index contributed by atoms with van der Waals surface area (Å²) >= 11 is 0. The molecular formula is C15H20N6O. The lowest BCUT2D eigenvalue weighted by Crippen LogP contribution is -2.79. The van der Waals surface area contributed by atoms with Gasteiger partial charge < -0.3 is 5.32 Å². The lowest BCUT2D eigenvalue weighted by atomic mass is 9.97. The van der Waals surface area contributed by atoms with Crippen LogP contribution < -0.4 is 16.2 Å². The second kappa shape index (κ2) is 6.83. The SMILES string of the molecule is N#CC1CCN(C2NNC2NC(=O)Cc2ccccn2)CC1. The first-order valence-electron chi connectivity index (χ1n) is 7.60. The molecule has 0 radical (unpaired) electrons. The van der Waals surface area contributed by atoms with Crippen molar-refractivity contribution in [2.75, 3.05) is 13.1 Å². The van der Waals surface area contributed by atoms with Gasteiger partial charge in [-0.15, -0.1) is 0 Å². The number of aromatic nitrogens is 1. The van der Waals surface area contributed by atoms with Gasteiger partial charge in [0, 0.05) is 30.9 Å². The number of hydrogen-bond donors (Lipinski definition) is 3. The molecule has 1 aromatic heterocycles. The van der Waals surface area contributed by atoms with E-state index in [0.717, 1.165) is 31.6 Å². The fourth-order valence-corrected chi connectivity index (χ4v) is 2.86. The van der Waals surface area contributed by atoms with Gasteiger partial charge in [-0.25, -0.2) is 10.9 Å². The third kappa shape index (κ3) is 3.42. The molecule has 7 heteroatoms. The zero-order chi connectivity index (χ0) is 15.4. The Balaban J connectivity index is 1.47. The minimum Gasteiger partial charge on any atom is -0.336 e. The molecule has 3 rings (SSSR count). The van der Waals surface area contributed by atoms with Crippen molar-refractivity contribution >= 4 is 5.91 Å². The summed E-state index contributed by atoms with van der Waals surface area (Å²) in [5.41, 5.74) is 6.92. The summed E-state index contributed by atoms with van der Waals surface area (Å²) in [6, 6.07) is 7.88. The van der Waals surface area contributed by atoms with Crippen molar-refractivity contribution in [3.63, 3.8) is 0 Å². The number of piperidine rings is 1. The van der Waals surface area contributed by atoms with Gasteiger partial charge >= 0.3 is 0 Å². The molecule has 2 aliphatic heterocycles. The number of hydrazine groups is 1. The van der Waals surface area contributed by atoms with E-state index in [9.17, 15) is 4.79 Å². The first kappa shape index (κ1) is 14.9. The number of hydrogen-bond acceptors (Lipinski definition) is 6. The summed E-state index contributed by atoms with van der Waals surface area (Å²) < 4.78 is 0. The van der Waals surface area contributed by atoms with Crippen LogP contribution in [-0.4, -0.2) is 41.2 Å². The Kier molecular flexibility index (Phi) is 4.63. The Morgan fingerprint density at radius 3 is 2.82 bits per heavy atom. The number of nitrogens with zero attached hydrogens (tertiary/aromatic N) is 3. The molecular weight excluding hydrogens is 280 g/mol. The zero-order valence-corrected chi connectivity index (χ0v) is 12.3. The van der Waals surface area contributed by atoms with Gasteiger partial charge in [-0.2, -0.15) is 5.26 Å². The predicted molar refractivity (Wildman–Crippen MR) is 79.8 cm³/mol. The lowest BCUT2D eigenvalue weighted by molar-refractivity contribution is -0.124. The molecule has 0 bridgehead atoms. The van der Waals surface area contributed by atoms with E-state index in [-0.39, 0.29) is 30.6 Å². The highest BCUT2D eigenvalue weighted by molar-refractivity contribution is 5.78. The van der Waals surface area contributed by atoms with E-state index in [2.05, 4.69) is 32.1 Å². The molecule has 22 heavy (non-hydrogen) atoms. The molecule has 2 atom stereocenters. The molecule has 0 aromatic carbocycles. The second-order valence-corrected chi connectivity index (χ2v) is 5.72. The standard InChI is InChI=1S/C15H20N6O/c16-10-11-4-7-21(8-5-11)15-14(19-20-15)18-13(22)9-12-3-1-2-6-17-12/h1-3,6,11,14-15,19-20H,4-5,7-9H2,(H,18,22). The highest BCUT2D eigenvalue weighted by atomic mass is 16.2. The first-order valence-corrected chi connectivity index (χ1v) is 7.60. The van der Waals surface area contributed by atoms with Crippen LogP contribution in [-0.2, 0) is 11.2 Å². The second-order valence-electron chi connectivity index (χ2n) is 5.72.